The SMILES string of the molecule is O=C(c1ccc(-c2ccc[nH]c2=O)cc1)N1CCCCC1. The van der Waals surface area contributed by atoms with Crippen molar-refractivity contribution in [3.63, 3.8) is 0 Å². The highest BCUT2D eigenvalue weighted by atomic mass is 16.2. The number of aromatic nitrogens is 1. The first-order chi connectivity index (χ1) is 10.3. The minimum absolute atomic E-state index is 0.0863. The molecule has 2 aromatic rings. The van der Waals surface area contributed by atoms with Crippen molar-refractivity contribution in [2.75, 3.05) is 13.1 Å². The van der Waals surface area contributed by atoms with Crippen LogP contribution < -0.4 is 5.56 Å². The summed E-state index contributed by atoms with van der Waals surface area (Å²) in [5, 5.41) is 0. The fourth-order valence-corrected chi connectivity index (χ4v) is 2.72. The van der Waals surface area contributed by atoms with E-state index >= 15 is 0 Å². The molecule has 1 amide bonds. The van der Waals surface area contributed by atoms with Crippen LogP contribution >= 0.6 is 0 Å². The summed E-state index contributed by atoms with van der Waals surface area (Å²) in [7, 11) is 0. The Morgan fingerprint density at radius 1 is 1.00 bits per heavy atom. The van der Waals surface area contributed by atoms with Crippen molar-refractivity contribution in [3.8, 4) is 11.1 Å². The zero-order valence-corrected chi connectivity index (χ0v) is 11.8. The Morgan fingerprint density at radius 3 is 2.38 bits per heavy atom. The number of aromatic amines is 1. The lowest BCUT2D eigenvalue weighted by Crippen LogP contribution is -2.35. The molecule has 4 nitrogen and oxygen atoms in total. The Bertz CT molecular complexity index is 682. The Hall–Kier alpha value is -2.36. The minimum Gasteiger partial charge on any atom is -0.339 e. The predicted octanol–water partition coefficient (Wildman–Crippen LogP) is 2.67. The molecule has 0 unspecified atom stereocenters. The van der Waals surface area contributed by atoms with Gasteiger partial charge in [0.15, 0.2) is 0 Å². The first-order valence-electron chi connectivity index (χ1n) is 7.33. The lowest BCUT2D eigenvalue weighted by atomic mass is 10.0. The van der Waals surface area contributed by atoms with Crippen molar-refractivity contribution in [1.82, 2.24) is 9.88 Å². The quantitative estimate of drug-likeness (QED) is 0.920. The molecule has 0 radical (unpaired) electrons. The highest BCUT2D eigenvalue weighted by molar-refractivity contribution is 5.94. The van der Waals surface area contributed by atoms with Gasteiger partial charge < -0.3 is 9.88 Å². The van der Waals surface area contributed by atoms with Gasteiger partial charge in [-0.3, -0.25) is 9.59 Å². The minimum atomic E-state index is -0.118. The van der Waals surface area contributed by atoms with Crippen LogP contribution in [-0.2, 0) is 0 Å². The third-order valence-corrected chi connectivity index (χ3v) is 3.90. The lowest BCUT2D eigenvalue weighted by molar-refractivity contribution is 0.0724. The van der Waals surface area contributed by atoms with Gasteiger partial charge in [0.25, 0.3) is 11.5 Å². The summed E-state index contributed by atoms with van der Waals surface area (Å²) in [5.41, 5.74) is 2.02. The molecule has 0 saturated carbocycles. The number of carbonyl (C=O) groups is 1. The number of hydrogen-bond acceptors (Lipinski definition) is 2. The molecule has 1 saturated heterocycles. The van der Waals surface area contributed by atoms with Crippen LogP contribution in [0.15, 0.2) is 47.4 Å². The zero-order valence-electron chi connectivity index (χ0n) is 11.8. The van der Waals surface area contributed by atoms with Crippen LogP contribution in [0.3, 0.4) is 0 Å². The number of amides is 1. The molecule has 0 spiro atoms. The molecule has 108 valence electrons. The van der Waals surface area contributed by atoms with Gasteiger partial charge >= 0.3 is 0 Å². The van der Waals surface area contributed by atoms with E-state index < -0.39 is 0 Å². The topological polar surface area (TPSA) is 53.2 Å². The van der Waals surface area contributed by atoms with Crippen molar-refractivity contribution < 1.29 is 4.79 Å². The average Bonchev–Trinajstić information content (AvgIpc) is 2.56. The Labute approximate surface area is 123 Å². The highest BCUT2D eigenvalue weighted by Crippen LogP contribution is 2.18. The summed E-state index contributed by atoms with van der Waals surface area (Å²) in [6, 6.07) is 10.9. The first-order valence-corrected chi connectivity index (χ1v) is 7.33. The number of nitrogens with zero attached hydrogens (tertiary/aromatic N) is 1. The van der Waals surface area contributed by atoms with E-state index in [0.717, 1.165) is 31.5 Å². The van der Waals surface area contributed by atoms with Gasteiger partial charge in [0.05, 0.1) is 0 Å². The van der Waals surface area contributed by atoms with Crippen LogP contribution in [0.4, 0.5) is 0 Å². The molecule has 3 rings (SSSR count). The van der Waals surface area contributed by atoms with Crippen molar-refractivity contribution in [2.45, 2.75) is 19.3 Å². The van der Waals surface area contributed by atoms with Crippen LogP contribution in [0, 0.1) is 0 Å². The third-order valence-electron chi connectivity index (χ3n) is 3.90. The van der Waals surface area contributed by atoms with E-state index in [9.17, 15) is 9.59 Å². The van der Waals surface area contributed by atoms with Gasteiger partial charge in [-0.05, 0) is 49.1 Å². The molecule has 2 heterocycles. The first kappa shape index (κ1) is 13.6. The maximum absolute atomic E-state index is 12.4. The van der Waals surface area contributed by atoms with Crippen LogP contribution in [0.2, 0.25) is 0 Å². The fraction of sp³-hybridized carbons (Fsp3) is 0.294. The molecule has 1 fully saturated rings. The highest BCUT2D eigenvalue weighted by Gasteiger charge is 2.18. The van der Waals surface area contributed by atoms with Gasteiger partial charge in [0.2, 0.25) is 0 Å². The van der Waals surface area contributed by atoms with Crippen LogP contribution in [-0.4, -0.2) is 28.9 Å². The third kappa shape index (κ3) is 2.89. The van der Waals surface area contributed by atoms with E-state index in [1.54, 1.807) is 30.5 Å². The van der Waals surface area contributed by atoms with E-state index in [4.69, 9.17) is 0 Å². The number of piperidine rings is 1. The number of likely N-dealkylation sites (tertiary alicyclic amines) is 1. The van der Waals surface area contributed by atoms with Crippen molar-refractivity contribution in [3.05, 3.63) is 58.5 Å². The maximum atomic E-state index is 12.4. The number of nitrogens with one attached hydrogen (secondary N) is 1. The normalized spacial score (nSPS) is 15.0. The summed E-state index contributed by atoms with van der Waals surface area (Å²) in [5.74, 6) is 0.0863. The van der Waals surface area contributed by atoms with Crippen molar-refractivity contribution in [2.24, 2.45) is 0 Å². The summed E-state index contributed by atoms with van der Waals surface area (Å²) in [6.07, 6.45) is 4.99. The van der Waals surface area contributed by atoms with E-state index in [1.165, 1.54) is 6.42 Å². The van der Waals surface area contributed by atoms with Gasteiger partial charge in [-0.25, -0.2) is 0 Å². The molecule has 1 aliphatic rings. The van der Waals surface area contributed by atoms with E-state index in [0.29, 0.717) is 11.1 Å². The second-order valence-corrected chi connectivity index (χ2v) is 5.34. The lowest BCUT2D eigenvalue weighted by Gasteiger charge is -2.26. The Balaban J connectivity index is 1.82. The standard InChI is InChI=1S/C17H18N2O2/c20-16-15(5-4-10-18-16)13-6-8-14(9-7-13)17(21)19-11-2-1-3-12-19/h4-10H,1-3,11-12H2,(H,18,20). The largest absolute Gasteiger partial charge is 0.339 e. The van der Waals surface area contributed by atoms with Gasteiger partial charge in [0, 0.05) is 30.4 Å². The summed E-state index contributed by atoms with van der Waals surface area (Å²) >= 11 is 0. The number of hydrogen-bond donors (Lipinski definition) is 1. The molecule has 21 heavy (non-hydrogen) atoms. The van der Waals surface area contributed by atoms with Gasteiger partial charge in [-0.2, -0.15) is 0 Å². The van der Waals surface area contributed by atoms with Crippen molar-refractivity contribution in [1.29, 1.82) is 0 Å². The van der Waals surface area contributed by atoms with Gasteiger partial charge in [0.1, 0.15) is 0 Å². The smallest absolute Gasteiger partial charge is 0.255 e. The Kier molecular flexibility index (Phi) is 3.86. The molecule has 0 aliphatic carbocycles. The van der Waals surface area contributed by atoms with Gasteiger partial charge in [-0.15, -0.1) is 0 Å². The molecule has 4 heteroatoms. The zero-order chi connectivity index (χ0) is 14.7. The summed E-state index contributed by atoms with van der Waals surface area (Å²) < 4.78 is 0. The molecule has 1 aromatic heterocycles. The second kappa shape index (κ2) is 5.95. The van der Waals surface area contributed by atoms with Gasteiger partial charge in [-0.1, -0.05) is 12.1 Å². The maximum Gasteiger partial charge on any atom is 0.255 e. The van der Waals surface area contributed by atoms with E-state index in [-0.39, 0.29) is 11.5 Å². The molecule has 1 aliphatic heterocycles. The summed E-state index contributed by atoms with van der Waals surface area (Å²) in [4.78, 5) is 28.7. The average molecular weight is 282 g/mol. The monoisotopic (exact) mass is 282 g/mol. The molecule has 1 aromatic carbocycles. The Morgan fingerprint density at radius 2 is 1.71 bits per heavy atom. The molecular formula is C17H18N2O2. The summed E-state index contributed by atoms with van der Waals surface area (Å²) in [6.45, 7) is 1.69. The van der Waals surface area contributed by atoms with Crippen LogP contribution in [0.1, 0.15) is 29.6 Å². The molecule has 1 N–H and O–H groups in total. The number of carbonyl (C=O) groups excluding carboxylic acids is 1. The number of H-pyrrole nitrogens is 1. The number of benzene rings is 1. The predicted molar refractivity (Wildman–Crippen MR) is 82.3 cm³/mol. The van der Waals surface area contributed by atoms with Crippen LogP contribution in [0.5, 0.6) is 0 Å². The van der Waals surface area contributed by atoms with Crippen LogP contribution in [0.25, 0.3) is 11.1 Å². The number of pyridine rings is 1. The fourth-order valence-electron chi connectivity index (χ4n) is 2.72. The molecule has 0 atom stereocenters. The molecular weight excluding hydrogens is 264 g/mol. The molecule has 0 bridgehead atoms. The second-order valence-electron chi connectivity index (χ2n) is 5.34. The number of rotatable bonds is 2. The van der Waals surface area contributed by atoms with E-state index in [1.807, 2.05) is 17.0 Å². The van der Waals surface area contributed by atoms with Crippen molar-refractivity contribution >= 4 is 5.91 Å². The van der Waals surface area contributed by atoms with E-state index in [2.05, 4.69) is 4.98 Å².